The van der Waals surface area contributed by atoms with E-state index in [4.69, 9.17) is 9.47 Å². The Morgan fingerprint density at radius 3 is 2.73 bits per heavy atom. The molecule has 1 saturated heterocycles. The van der Waals surface area contributed by atoms with Crippen LogP contribution in [0.2, 0.25) is 0 Å². The zero-order chi connectivity index (χ0) is 15.7. The molecule has 0 aromatic carbocycles. The molecule has 6 heteroatoms. The van der Waals surface area contributed by atoms with Gasteiger partial charge in [-0.05, 0) is 18.9 Å². The molecular weight excluding hydrogens is 284 g/mol. The Morgan fingerprint density at radius 2 is 2.14 bits per heavy atom. The van der Waals surface area contributed by atoms with Crippen LogP contribution >= 0.6 is 0 Å². The third-order valence-corrected chi connectivity index (χ3v) is 5.20. The lowest BCUT2D eigenvalue weighted by Crippen LogP contribution is -2.62. The van der Waals surface area contributed by atoms with E-state index in [9.17, 15) is 9.90 Å². The van der Waals surface area contributed by atoms with Gasteiger partial charge >= 0.3 is 0 Å². The largest absolute Gasteiger partial charge is 0.481 e. The summed E-state index contributed by atoms with van der Waals surface area (Å²) in [5, 5.41) is 10.1. The predicted octanol–water partition coefficient (Wildman–Crippen LogP) is 1.09. The van der Waals surface area contributed by atoms with Gasteiger partial charge in [0, 0.05) is 49.9 Å². The van der Waals surface area contributed by atoms with Gasteiger partial charge in [-0.25, -0.2) is 4.98 Å². The van der Waals surface area contributed by atoms with Gasteiger partial charge in [-0.2, -0.15) is 0 Å². The molecule has 22 heavy (non-hydrogen) atoms. The summed E-state index contributed by atoms with van der Waals surface area (Å²) < 4.78 is 10.5. The van der Waals surface area contributed by atoms with Crippen molar-refractivity contribution in [3.8, 4) is 5.88 Å². The summed E-state index contributed by atoms with van der Waals surface area (Å²) in [4.78, 5) is 18.4. The van der Waals surface area contributed by atoms with E-state index in [-0.39, 0.29) is 23.5 Å². The number of aliphatic hydroxyl groups excluding tert-OH is 1. The maximum Gasteiger partial charge on any atom is 0.254 e. The molecule has 1 aliphatic heterocycles. The number of ether oxygens (including phenoxy) is 2. The van der Waals surface area contributed by atoms with Gasteiger partial charge in [0.05, 0.1) is 19.3 Å². The summed E-state index contributed by atoms with van der Waals surface area (Å²) in [6, 6.07) is 3.36. The van der Waals surface area contributed by atoms with Crippen molar-refractivity contribution in [2.24, 2.45) is 5.41 Å². The van der Waals surface area contributed by atoms with Crippen LogP contribution in [0, 0.1) is 5.41 Å². The van der Waals surface area contributed by atoms with Crippen LogP contribution in [0.1, 0.15) is 29.6 Å². The minimum Gasteiger partial charge on any atom is -0.481 e. The van der Waals surface area contributed by atoms with Crippen LogP contribution in [0.15, 0.2) is 18.3 Å². The van der Waals surface area contributed by atoms with Crippen LogP contribution in [0.4, 0.5) is 0 Å². The highest BCUT2D eigenvalue weighted by Gasteiger charge is 2.56. The van der Waals surface area contributed by atoms with Crippen LogP contribution < -0.4 is 4.74 Å². The van der Waals surface area contributed by atoms with E-state index >= 15 is 0 Å². The van der Waals surface area contributed by atoms with Crippen molar-refractivity contribution in [3.05, 3.63) is 23.9 Å². The molecule has 120 valence electrons. The molecule has 2 atom stereocenters. The topological polar surface area (TPSA) is 71.9 Å². The van der Waals surface area contributed by atoms with Crippen molar-refractivity contribution in [1.29, 1.82) is 0 Å². The van der Waals surface area contributed by atoms with Crippen molar-refractivity contribution in [2.45, 2.75) is 31.5 Å². The first-order valence-electron chi connectivity index (χ1n) is 7.61. The van der Waals surface area contributed by atoms with Crippen LogP contribution in [-0.4, -0.2) is 60.4 Å². The highest BCUT2D eigenvalue weighted by molar-refractivity contribution is 5.94. The minimum absolute atomic E-state index is 0.0154. The van der Waals surface area contributed by atoms with E-state index in [1.165, 1.54) is 7.11 Å². The Bertz CT molecular complexity index is 555. The Balaban J connectivity index is 1.67. The standard InChI is InChI=1S/C16H22N2O4/c1-21-13-10-12(19)16(13)4-7-18(8-5-16)15(20)11-3-6-17-14(9-11)22-2/h3,6,9,12-13,19H,4-5,7-8,10H2,1-2H3. The fraction of sp³-hybridized carbons (Fsp3) is 0.625. The van der Waals surface area contributed by atoms with E-state index in [0.717, 1.165) is 12.8 Å². The number of rotatable bonds is 3. The number of nitrogens with zero attached hydrogens (tertiary/aromatic N) is 2. The molecule has 2 heterocycles. The number of aromatic nitrogens is 1. The fourth-order valence-corrected chi connectivity index (χ4v) is 3.68. The second-order valence-corrected chi connectivity index (χ2v) is 6.09. The van der Waals surface area contributed by atoms with E-state index < -0.39 is 0 Å². The van der Waals surface area contributed by atoms with E-state index in [2.05, 4.69) is 4.98 Å². The number of hydrogen-bond donors (Lipinski definition) is 1. The van der Waals surface area contributed by atoms with Crippen LogP contribution in [-0.2, 0) is 4.74 Å². The Morgan fingerprint density at radius 1 is 1.41 bits per heavy atom. The quantitative estimate of drug-likeness (QED) is 0.905. The maximum atomic E-state index is 12.6. The first-order chi connectivity index (χ1) is 10.6. The summed E-state index contributed by atoms with van der Waals surface area (Å²) in [5.74, 6) is 0.423. The number of methoxy groups -OCH3 is 2. The highest BCUT2D eigenvalue weighted by atomic mass is 16.5. The second kappa shape index (κ2) is 5.85. The Labute approximate surface area is 130 Å². The minimum atomic E-state index is -0.310. The van der Waals surface area contributed by atoms with E-state index in [1.807, 2.05) is 4.90 Å². The number of carbonyl (C=O) groups excluding carboxylic acids is 1. The van der Waals surface area contributed by atoms with Crippen LogP contribution in [0.3, 0.4) is 0 Å². The van der Waals surface area contributed by atoms with Gasteiger partial charge in [0.15, 0.2) is 0 Å². The normalized spacial score (nSPS) is 26.6. The monoisotopic (exact) mass is 306 g/mol. The molecule has 1 N–H and O–H groups in total. The first kappa shape index (κ1) is 15.2. The molecule has 0 bridgehead atoms. The number of carbonyl (C=O) groups is 1. The zero-order valence-corrected chi connectivity index (χ0v) is 13.0. The molecule has 1 aromatic heterocycles. The molecule has 1 amide bonds. The number of piperidine rings is 1. The average molecular weight is 306 g/mol. The lowest BCUT2D eigenvalue weighted by molar-refractivity contribution is -0.199. The Hall–Kier alpha value is -1.66. The number of amides is 1. The average Bonchev–Trinajstić information content (AvgIpc) is 2.59. The molecule has 1 spiro atoms. The zero-order valence-electron chi connectivity index (χ0n) is 13.0. The summed E-state index contributed by atoms with van der Waals surface area (Å²) >= 11 is 0. The molecule has 2 fully saturated rings. The molecular formula is C16H22N2O4. The van der Waals surface area contributed by atoms with Gasteiger partial charge in [-0.1, -0.05) is 0 Å². The molecule has 2 aliphatic rings. The van der Waals surface area contributed by atoms with Crippen LogP contribution in [0.5, 0.6) is 5.88 Å². The summed E-state index contributed by atoms with van der Waals surface area (Å²) in [6.07, 6.45) is 3.64. The van der Waals surface area contributed by atoms with E-state index in [1.54, 1.807) is 25.4 Å². The summed E-state index contributed by atoms with van der Waals surface area (Å²) in [6.45, 7) is 1.28. The number of aliphatic hydroxyl groups is 1. The SMILES string of the molecule is COc1cc(C(=O)N2CCC3(CC2)C(O)CC3OC)ccn1. The molecule has 1 saturated carbocycles. The fourth-order valence-electron chi connectivity index (χ4n) is 3.68. The van der Waals surface area contributed by atoms with Gasteiger partial charge < -0.3 is 19.5 Å². The molecule has 3 rings (SSSR count). The second-order valence-electron chi connectivity index (χ2n) is 6.09. The number of pyridine rings is 1. The lowest BCUT2D eigenvalue weighted by Gasteiger charge is -2.56. The summed E-state index contributed by atoms with van der Waals surface area (Å²) in [5.41, 5.74) is 0.418. The third-order valence-electron chi connectivity index (χ3n) is 5.20. The third kappa shape index (κ3) is 2.36. The van der Waals surface area contributed by atoms with Gasteiger partial charge in [-0.15, -0.1) is 0 Å². The highest BCUT2D eigenvalue weighted by Crippen LogP contribution is 2.50. The van der Waals surface area contributed by atoms with Crippen molar-refractivity contribution in [3.63, 3.8) is 0 Å². The van der Waals surface area contributed by atoms with Gasteiger partial charge in [0.25, 0.3) is 5.91 Å². The number of likely N-dealkylation sites (tertiary alicyclic amines) is 1. The van der Waals surface area contributed by atoms with Crippen molar-refractivity contribution in [2.75, 3.05) is 27.3 Å². The molecule has 6 nitrogen and oxygen atoms in total. The first-order valence-corrected chi connectivity index (χ1v) is 7.61. The summed E-state index contributed by atoms with van der Waals surface area (Å²) in [7, 11) is 3.23. The molecule has 1 aromatic rings. The Kier molecular flexibility index (Phi) is 4.06. The number of hydrogen-bond acceptors (Lipinski definition) is 5. The van der Waals surface area contributed by atoms with E-state index in [0.29, 0.717) is 31.0 Å². The van der Waals surface area contributed by atoms with Gasteiger partial charge in [0.1, 0.15) is 0 Å². The molecule has 0 radical (unpaired) electrons. The van der Waals surface area contributed by atoms with Crippen molar-refractivity contribution in [1.82, 2.24) is 9.88 Å². The van der Waals surface area contributed by atoms with Gasteiger partial charge in [0.2, 0.25) is 5.88 Å². The lowest BCUT2D eigenvalue weighted by atomic mass is 9.58. The molecule has 1 aliphatic carbocycles. The predicted molar refractivity (Wildman–Crippen MR) is 79.8 cm³/mol. The van der Waals surface area contributed by atoms with Gasteiger partial charge in [-0.3, -0.25) is 4.79 Å². The van der Waals surface area contributed by atoms with Crippen molar-refractivity contribution < 1.29 is 19.4 Å². The maximum absolute atomic E-state index is 12.6. The van der Waals surface area contributed by atoms with Crippen molar-refractivity contribution >= 4 is 5.91 Å². The molecule has 2 unspecified atom stereocenters. The van der Waals surface area contributed by atoms with Crippen LogP contribution in [0.25, 0.3) is 0 Å². The smallest absolute Gasteiger partial charge is 0.254 e.